The first-order valence-electron chi connectivity index (χ1n) is 9.75. The van der Waals surface area contributed by atoms with E-state index in [0.717, 1.165) is 29.4 Å². The predicted molar refractivity (Wildman–Crippen MR) is 109 cm³/mol. The molecule has 0 saturated heterocycles. The number of benzene rings is 1. The maximum Gasteiger partial charge on any atom is 0.321 e. The van der Waals surface area contributed by atoms with Crippen LogP contribution < -0.4 is 10.6 Å². The topological polar surface area (TPSA) is 88.9 Å². The largest absolute Gasteiger partial charge is 0.334 e. The third-order valence-corrected chi connectivity index (χ3v) is 6.02. The molecule has 7 nitrogen and oxygen atoms in total. The van der Waals surface area contributed by atoms with Crippen LogP contribution in [0.5, 0.6) is 0 Å². The molecule has 1 atom stereocenters. The number of thioether (sulfide) groups is 1. The van der Waals surface area contributed by atoms with Crippen molar-refractivity contribution >= 4 is 23.7 Å². The van der Waals surface area contributed by atoms with E-state index in [4.69, 9.17) is 0 Å². The molecule has 8 heteroatoms. The second-order valence-corrected chi connectivity index (χ2v) is 8.42. The molecule has 2 N–H and O–H groups in total. The van der Waals surface area contributed by atoms with Crippen LogP contribution in [0.4, 0.5) is 4.79 Å². The summed E-state index contributed by atoms with van der Waals surface area (Å²) in [6, 6.07) is 9.47. The van der Waals surface area contributed by atoms with Crippen molar-refractivity contribution in [1.29, 1.82) is 0 Å². The standard InChI is InChI=1S/C20H27N5O2S/c1-14(18(26)22-19(27)21-13-16-9-5-3-6-10-16)28-20-24-23-15(2)25(20)17-11-7-4-8-12-17/h3,5-6,9-10,14,17H,4,7-8,11-13H2,1-2H3,(H2,21,22,26,27)/t14-/m0/s1. The summed E-state index contributed by atoms with van der Waals surface area (Å²) in [5.74, 6) is 0.536. The number of amides is 3. The van der Waals surface area contributed by atoms with Gasteiger partial charge in [0.1, 0.15) is 5.82 Å². The normalized spacial score (nSPS) is 15.8. The highest BCUT2D eigenvalue weighted by molar-refractivity contribution is 8.00. The Morgan fingerprint density at radius 2 is 1.89 bits per heavy atom. The zero-order valence-electron chi connectivity index (χ0n) is 16.4. The van der Waals surface area contributed by atoms with E-state index in [2.05, 4.69) is 25.4 Å². The van der Waals surface area contributed by atoms with Gasteiger partial charge in [-0.05, 0) is 32.3 Å². The number of carbonyl (C=O) groups excluding carboxylic acids is 2. The van der Waals surface area contributed by atoms with Crippen LogP contribution in [0, 0.1) is 6.92 Å². The lowest BCUT2D eigenvalue weighted by molar-refractivity contribution is -0.119. The van der Waals surface area contributed by atoms with Gasteiger partial charge in [-0.25, -0.2) is 4.79 Å². The Hall–Kier alpha value is -2.35. The van der Waals surface area contributed by atoms with Crippen LogP contribution in [0.25, 0.3) is 0 Å². The first-order chi connectivity index (χ1) is 13.5. The molecule has 0 aliphatic heterocycles. The molecule has 1 aromatic heterocycles. The predicted octanol–water partition coefficient (Wildman–Crippen LogP) is 3.60. The van der Waals surface area contributed by atoms with Crippen LogP contribution >= 0.6 is 11.8 Å². The van der Waals surface area contributed by atoms with Crippen molar-refractivity contribution in [2.45, 2.75) is 68.9 Å². The average Bonchev–Trinajstić information content (AvgIpc) is 3.07. The first-order valence-corrected chi connectivity index (χ1v) is 10.6. The number of aryl methyl sites for hydroxylation is 1. The minimum absolute atomic E-state index is 0.341. The smallest absolute Gasteiger partial charge is 0.321 e. The van der Waals surface area contributed by atoms with Gasteiger partial charge in [-0.3, -0.25) is 10.1 Å². The summed E-state index contributed by atoms with van der Waals surface area (Å²) >= 11 is 1.35. The maximum atomic E-state index is 12.4. The summed E-state index contributed by atoms with van der Waals surface area (Å²) in [4.78, 5) is 24.4. The molecule has 3 rings (SSSR count). The summed E-state index contributed by atoms with van der Waals surface area (Å²) in [7, 11) is 0. The van der Waals surface area contributed by atoms with Crippen LogP contribution in [0.1, 0.15) is 56.5 Å². The van der Waals surface area contributed by atoms with E-state index in [1.54, 1.807) is 6.92 Å². The van der Waals surface area contributed by atoms with Gasteiger partial charge >= 0.3 is 6.03 Å². The lowest BCUT2D eigenvalue weighted by atomic mass is 9.95. The molecular formula is C20H27N5O2S. The molecule has 3 amide bonds. The lowest BCUT2D eigenvalue weighted by Crippen LogP contribution is -2.42. The van der Waals surface area contributed by atoms with Crippen molar-refractivity contribution in [2.75, 3.05) is 0 Å². The number of hydrogen-bond acceptors (Lipinski definition) is 5. The number of nitrogens with zero attached hydrogens (tertiary/aromatic N) is 3. The number of imide groups is 1. The van der Waals surface area contributed by atoms with Crippen LogP contribution in [-0.4, -0.2) is 32.0 Å². The van der Waals surface area contributed by atoms with E-state index in [1.165, 1.54) is 31.0 Å². The molecule has 150 valence electrons. The van der Waals surface area contributed by atoms with E-state index >= 15 is 0 Å². The highest BCUT2D eigenvalue weighted by atomic mass is 32.2. The van der Waals surface area contributed by atoms with Crippen LogP contribution in [0.3, 0.4) is 0 Å². The fraction of sp³-hybridized carbons (Fsp3) is 0.500. The molecule has 0 unspecified atom stereocenters. The molecule has 1 fully saturated rings. The number of rotatable bonds is 6. The molecule has 1 aromatic carbocycles. The molecule has 28 heavy (non-hydrogen) atoms. The van der Waals surface area contributed by atoms with Gasteiger partial charge in [-0.1, -0.05) is 61.4 Å². The fourth-order valence-corrected chi connectivity index (χ4v) is 4.40. The Bertz CT molecular complexity index is 802. The van der Waals surface area contributed by atoms with E-state index in [-0.39, 0.29) is 5.91 Å². The van der Waals surface area contributed by atoms with Crippen molar-refractivity contribution < 1.29 is 9.59 Å². The summed E-state index contributed by atoms with van der Waals surface area (Å²) in [5, 5.41) is 13.9. The van der Waals surface area contributed by atoms with Gasteiger partial charge in [0.05, 0.1) is 5.25 Å². The SMILES string of the molecule is Cc1nnc(S[C@@H](C)C(=O)NC(=O)NCc2ccccc2)n1C1CCCCC1. The monoisotopic (exact) mass is 401 g/mol. The molecule has 0 spiro atoms. The van der Waals surface area contributed by atoms with Crippen molar-refractivity contribution in [3.63, 3.8) is 0 Å². The highest BCUT2D eigenvalue weighted by Crippen LogP contribution is 2.33. The van der Waals surface area contributed by atoms with Crippen LogP contribution in [-0.2, 0) is 11.3 Å². The first kappa shape index (κ1) is 20.4. The van der Waals surface area contributed by atoms with Crippen molar-refractivity contribution in [2.24, 2.45) is 0 Å². The molecule has 1 heterocycles. The fourth-order valence-electron chi connectivity index (χ4n) is 3.44. The molecular weight excluding hydrogens is 374 g/mol. The third-order valence-electron chi connectivity index (χ3n) is 4.96. The molecule has 0 radical (unpaired) electrons. The van der Waals surface area contributed by atoms with Crippen LogP contribution in [0.2, 0.25) is 0 Å². The number of hydrogen-bond donors (Lipinski definition) is 2. The van der Waals surface area contributed by atoms with Gasteiger partial charge < -0.3 is 9.88 Å². The van der Waals surface area contributed by atoms with E-state index in [9.17, 15) is 9.59 Å². The zero-order chi connectivity index (χ0) is 19.9. The molecule has 2 aromatic rings. The maximum absolute atomic E-state index is 12.4. The Kier molecular flexibility index (Phi) is 7.08. The van der Waals surface area contributed by atoms with Gasteiger partial charge in [-0.2, -0.15) is 0 Å². The minimum Gasteiger partial charge on any atom is -0.334 e. The van der Waals surface area contributed by atoms with Gasteiger partial charge in [0, 0.05) is 12.6 Å². The second kappa shape index (κ2) is 9.73. The number of aromatic nitrogens is 3. The number of nitrogens with one attached hydrogen (secondary N) is 2. The van der Waals surface area contributed by atoms with E-state index < -0.39 is 11.3 Å². The summed E-state index contributed by atoms with van der Waals surface area (Å²) in [6.45, 7) is 4.10. The lowest BCUT2D eigenvalue weighted by Gasteiger charge is -2.25. The summed E-state index contributed by atoms with van der Waals surface area (Å²) in [6.07, 6.45) is 5.94. The van der Waals surface area contributed by atoms with Gasteiger partial charge in [0.2, 0.25) is 5.91 Å². The number of carbonyl (C=O) groups is 2. The second-order valence-electron chi connectivity index (χ2n) is 7.11. The van der Waals surface area contributed by atoms with Gasteiger partial charge in [0.25, 0.3) is 0 Å². The Morgan fingerprint density at radius 1 is 1.18 bits per heavy atom. The van der Waals surface area contributed by atoms with Crippen molar-refractivity contribution in [3.8, 4) is 0 Å². The van der Waals surface area contributed by atoms with E-state index in [0.29, 0.717) is 12.6 Å². The molecule has 0 bridgehead atoms. The Balaban J connectivity index is 1.53. The van der Waals surface area contributed by atoms with Crippen molar-refractivity contribution in [1.82, 2.24) is 25.4 Å². The highest BCUT2D eigenvalue weighted by Gasteiger charge is 2.25. The van der Waals surface area contributed by atoms with Gasteiger partial charge in [-0.15, -0.1) is 10.2 Å². The zero-order valence-corrected chi connectivity index (χ0v) is 17.2. The minimum atomic E-state index is -0.494. The van der Waals surface area contributed by atoms with Crippen LogP contribution in [0.15, 0.2) is 35.5 Å². The van der Waals surface area contributed by atoms with Gasteiger partial charge in [0.15, 0.2) is 5.16 Å². The summed E-state index contributed by atoms with van der Waals surface area (Å²) in [5.41, 5.74) is 0.976. The molecule has 1 saturated carbocycles. The Labute approximate surface area is 169 Å². The molecule has 1 aliphatic rings. The quantitative estimate of drug-likeness (QED) is 0.722. The third kappa shape index (κ3) is 5.34. The average molecular weight is 402 g/mol. The number of urea groups is 1. The van der Waals surface area contributed by atoms with E-state index in [1.807, 2.05) is 37.3 Å². The Morgan fingerprint density at radius 3 is 2.61 bits per heavy atom. The summed E-state index contributed by atoms with van der Waals surface area (Å²) < 4.78 is 2.16. The van der Waals surface area contributed by atoms with Crippen molar-refractivity contribution in [3.05, 3.63) is 41.7 Å². The molecule has 1 aliphatic carbocycles.